The molecule has 7 heteroatoms. The lowest BCUT2D eigenvalue weighted by molar-refractivity contribution is 0.150. The van der Waals surface area contributed by atoms with Crippen molar-refractivity contribution < 1.29 is 9.90 Å². The molecular weight excluding hydrogens is 276 g/mol. The van der Waals surface area contributed by atoms with Gasteiger partial charge in [-0.3, -0.25) is 4.68 Å². The molecule has 1 amide bonds. The molecule has 0 fully saturated rings. The normalized spacial score (nSPS) is 15.2. The van der Waals surface area contributed by atoms with Gasteiger partial charge in [0.05, 0.1) is 4.88 Å². The molecule has 6 nitrogen and oxygen atoms in total. The lowest BCUT2D eigenvalue weighted by Gasteiger charge is -2.23. The van der Waals surface area contributed by atoms with Gasteiger partial charge in [0, 0.05) is 25.0 Å². The second kappa shape index (κ2) is 5.09. The van der Waals surface area contributed by atoms with Crippen LogP contribution in [0.5, 0.6) is 0 Å². The largest absolute Gasteiger partial charge is 0.465 e. The molecule has 2 aromatic rings. The monoisotopic (exact) mass is 290 g/mol. The zero-order chi connectivity index (χ0) is 14.1. The number of hydrogen-bond donors (Lipinski definition) is 1. The number of thiophene rings is 1. The van der Waals surface area contributed by atoms with Crippen LogP contribution in [0.25, 0.3) is 16.3 Å². The number of carbonyl (C=O) groups is 1. The van der Waals surface area contributed by atoms with Crippen LogP contribution in [0.1, 0.15) is 11.3 Å². The molecule has 0 saturated carbocycles. The summed E-state index contributed by atoms with van der Waals surface area (Å²) in [7, 11) is 1.84. The third kappa shape index (κ3) is 2.44. The first kappa shape index (κ1) is 12.9. The Morgan fingerprint density at radius 1 is 1.40 bits per heavy atom. The van der Waals surface area contributed by atoms with Crippen LogP contribution in [0.3, 0.4) is 0 Å². The number of hydrogen-bond acceptors (Lipinski definition) is 4. The highest BCUT2D eigenvalue weighted by molar-refractivity contribution is 7.16. The molecule has 0 saturated heterocycles. The van der Waals surface area contributed by atoms with Crippen LogP contribution in [0.15, 0.2) is 24.5 Å². The van der Waals surface area contributed by atoms with Crippen molar-refractivity contribution >= 4 is 23.0 Å². The Labute approximate surface area is 120 Å². The third-order valence-corrected chi connectivity index (χ3v) is 4.38. The summed E-state index contributed by atoms with van der Waals surface area (Å²) in [6.45, 7) is 1.01. The fourth-order valence-corrected chi connectivity index (χ4v) is 3.16. The summed E-state index contributed by atoms with van der Waals surface area (Å²) < 4.78 is 1.68. The van der Waals surface area contributed by atoms with Crippen molar-refractivity contribution in [2.24, 2.45) is 7.05 Å². The Morgan fingerprint density at radius 2 is 2.20 bits per heavy atom. The molecule has 0 atom stereocenters. The molecule has 1 N–H and O–H groups in total. The zero-order valence-electron chi connectivity index (χ0n) is 11.0. The average molecular weight is 290 g/mol. The van der Waals surface area contributed by atoms with Crippen LogP contribution in [-0.4, -0.2) is 44.0 Å². The number of rotatable bonds is 2. The van der Waals surface area contributed by atoms with Gasteiger partial charge >= 0.3 is 6.09 Å². The maximum atomic E-state index is 10.9. The van der Waals surface area contributed by atoms with Crippen LogP contribution in [0.4, 0.5) is 4.79 Å². The highest BCUT2D eigenvalue weighted by atomic mass is 32.1. The Hall–Kier alpha value is -2.15. The molecule has 1 aliphatic heterocycles. The van der Waals surface area contributed by atoms with E-state index in [0.717, 1.165) is 22.0 Å². The summed E-state index contributed by atoms with van der Waals surface area (Å²) in [6.07, 6.45) is 3.56. The summed E-state index contributed by atoms with van der Waals surface area (Å²) in [5.74, 6) is 0.729. The lowest BCUT2D eigenvalue weighted by atomic mass is 10.1. The molecule has 1 aliphatic rings. The van der Waals surface area contributed by atoms with Crippen molar-refractivity contribution in [1.82, 2.24) is 19.7 Å². The molecule has 20 heavy (non-hydrogen) atoms. The fraction of sp³-hybridized carbons (Fsp3) is 0.308. The van der Waals surface area contributed by atoms with Gasteiger partial charge in [0.25, 0.3) is 0 Å². The zero-order valence-corrected chi connectivity index (χ0v) is 11.8. The molecule has 3 heterocycles. The van der Waals surface area contributed by atoms with E-state index < -0.39 is 6.09 Å². The van der Waals surface area contributed by atoms with Crippen LogP contribution >= 0.6 is 11.3 Å². The molecular formula is C13H14N4O2S. The van der Waals surface area contributed by atoms with E-state index in [4.69, 9.17) is 5.11 Å². The van der Waals surface area contributed by atoms with Gasteiger partial charge in [-0.1, -0.05) is 6.08 Å². The van der Waals surface area contributed by atoms with Crippen LogP contribution < -0.4 is 0 Å². The number of amides is 1. The van der Waals surface area contributed by atoms with Gasteiger partial charge in [0.1, 0.15) is 6.33 Å². The Kier molecular flexibility index (Phi) is 3.27. The maximum Gasteiger partial charge on any atom is 0.407 e. The number of aryl methyl sites for hydroxylation is 1. The van der Waals surface area contributed by atoms with Crippen molar-refractivity contribution in [3.05, 3.63) is 29.4 Å². The standard InChI is InChI=1S/C13H14N4O2S/c1-16-8-14-12(15-16)11-3-2-10(20-11)9-4-6-17(7-5-9)13(18)19/h2-4,8H,5-7H2,1H3,(H,18,19). The second-order valence-corrected chi connectivity index (χ2v) is 5.70. The smallest absolute Gasteiger partial charge is 0.407 e. The van der Waals surface area contributed by atoms with Crippen molar-refractivity contribution in [3.63, 3.8) is 0 Å². The first-order valence-corrected chi connectivity index (χ1v) is 7.08. The first-order chi connectivity index (χ1) is 9.63. The first-order valence-electron chi connectivity index (χ1n) is 6.26. The van der Waals surface area contributed by atoms with Gasteiger partial charge in [0.2, 0.25) is 0 Å². The van der Waals surface area contributed by atoms with Gasteiger partial charge in [0.15, 0.2) is 5.82 Å². The van der Waals surface area contributed by atoms with E-state index in [1.165, 1.54) is 10.5 Å². The Morgan fingerprint density at radius 3 is 2.80 bits per heavy atom. The van der Waals surface area contributed by atoms with E-state index in [9.17, 15) is 4.79 Å². The van der Waals surface area contributed by atoms with E-state index >= 15 is 0 Å². The minimum atomic E-state index is -0.857. The van der Waals surface area contributed by atoms with Gasteiger partial charge in [-0.15, -0.1) is 11.3 Å². The maximum absolute atomic E-state index is 10.9. The van der Waals surface area contributed by atoms with E-state index in [-0.39, 0.29) is 0 Å². The van der Waals surface area contributed by atoms with Crippen LogP contribution in [0.2, 0.25) is 0 Å². The topological polar surface area (TPSA) is 71.2 Å². The second-order valence-electron chi connectivity index (χ2n) is 4.61. The molecule has 0 aromatic carbocycles. The summed E-state index contributed by atoms with van der Waals surface area (Å²) in [6, 6.07) is 4.07. The lowest BCUT2D eigenvalue weighted by Crippen LogP contribution is -2.33. The number of aromatic nitrogens is 3. The quantitative estimate of drug-likeness (QED) is 0.921. The highest BCUT2D eigenvalue weighted by Gasteiger charge is 2.18. The molecule has 3 rings (SSSR count). The van der Waals surface area contributed by atoms with E-state index in [0.29, 0.717) is 13.1 Å². The molecule has 0 aliphatic carbocycles. The summed E-state index contributed by atoms with van der Waals surface area (Å²) >= 11 is 1.64. The SMILES string of the molecule is Cn1cnc(-c2ccc(C3=CCN(C(=O)O)CC3)s2)n1. The molecule has 2 aromatic heterocycles. The predicted octanol–water partition coefficient (Wildman–Crippen LogP) is 2.31. The minimum Gasteiger partial charge on any atom is -0.465 e. The van der Waals surface area contributed by atoms with E-state index in [2.05, 4.69) is 16.1 Å². The summed E-state index contributed by atoms with van der Waals surface area (Å²) in [4.78, 5) is 18.7. The molecule has 104 valence electrons. The Bertz CT molecular complexity index is 673. The highest BCUT2D eigenvalue weighted by Crippen LogP contribution is 2.32. The average Bonchev–Trinajstić information content (AvgIpc) is 3.07. The van der Waals surface area contributed by atoms with E-state index in [1.54, 1.807) is 22.3 Å². The van der Waals surface area contributed by atoms with E-state index in [1.807, 2.05) is 19.2 Å². The van der Waals surface area contributed by atoms with Crippen molar-refractivity contribution in [2.75, 3.05) is 13.1 Å². The predicted molar refractivity (Wildman–Crippen MR) is 76.5 cm³/mol. The summed E-state index contributed by atoms with van der Waals surface area (Å²) in [5, 5.41) is 13.2. The molecule has 0 spiro atoms. The summed E-state index contributed by atoms with van der Waals surface area (Å²) in [5.41, 5.74) is 1.20. The molecule has 0 unspecified atom stereocenters. The van der Waals surface area contributed by atoms with Gasteiger partial charge in [-0.05, 0) is 24.1 Å². The van der Waals surface area contributed by atoms with Gasteiger partial charge in [-0.25, -0.2) is 9.78 Å². The van der Waals surface area contributed by atoms with Crippen molar-refractivity contribution in [1.29, 1.82) is 0 Å². The van der Waals surface area contributed by atoms with Crippen molar-refractivity contribution in [3.8, 4) is 10.7 Å². The minimum absolute atomic E-state index is 0.458. The molecule has 0 radical (unpaired) electrons. The Balaban J connectivity index is 1.79. The van der Waals surface area contributed by atoms with Crippen molar-refractivity contribution in [2.45, 2.75) is 6.42 Å². The number of nitrogens with zero attached hydrogens (tertiary/aromatic N) is 4. The third-order valence-electron chi connectivity index (χ3n) is 3.22. The van der Waals surface area contributed by atoms with Gasteiger partial charge < -0.3 is 10.0 Å². The van der Waals surface area contributed by atoms with Crippen LogP contribution in [-0.2, 0) is 7.05 Å². The number of carboxylic acid groups (broad SMARTS) is 1. The molecule has 0 bridgehead atoms. The van der Waals surface area contributed by atoms with Crippen LogP contribution in [0, 0.1) is 0 Å². The fourth-order valence-electron chi connectivity index (χ4n) is 2.15. The van der Waals surface area contributed by atoms with Gasteiger partial charge in [-0.2, -0.15) is 5.10 Å².